The fourth-order valence-corrected chi connectivity index (χ4v) is 5.14. The predicted octanol–water partition coefficient (Wildman–Crippen LogP) is 4.45. The summed E-state index contributed by atoms with van der Waals surface area (Å²) in [7, 11) is 0. The molecule has 0 aromatic heterocycles. The van der Waals surface area contributed by atoms with Crippen molar-refractivity contribution in [3.63, 3.8) is 0 Å². The van der Waals surface area contributed by atoms with Crippen LogP contribution in [0.25, 0.3) is 11.1 Å². The molecule has 34 heavy (non-hydrogen) atoms. The van der Waals surface area contributed by atoms with Crippen molar-refractivity contribution in [2.45, 2.75) is 64.0 Å². The molecule has 1 atom stereocenters. The standard InChI is InChI=1S/C27H32N2O5/c1-26(2,3)22(23(30)31)28-24(32)27(14-8-9-15-27)29-25(33)34-16-21-19-12-6-4-10-17(19)18-11-5-7-13-20(18)21/h4-7,10-13,21-22H,8-9,14-16H2,1-3H3,(H,28,32)(H,29,33)(H,30,31)/t22-/m1/s1. The van der Waals surface area contributed by atoms with E-state index in [1.807, 2.05) is 36.4 Å². The van der Waals surface area contributed by atoms with E-state index >= 15 is 0 Å². The Morgan fingerprint density at radius 2 is 1.53 bits per heavy atom. The van der Waals surface area contributed by atoms with Gasteiger partial charge in [-0.15, -0.1) is 0 Å². The summed E-state index contributed by atoms with van der Waals surface area (Å²) >= 11 is 0. The normalized spacial score (nSPS) is 17.4. The van der Waals surface area contributed by atoms with Gasteiger partial charge in [-0.1, -0.05) is 82.1 Å². The molecule has 1 saturated carbocycles. The first kappa shape index (κ1) is 23.8. The van der Waals surface area contributed by atoms with Crippen LogP contribution in [0.4, 0.5) is 4.79 Å². The zero-order valence-electron chi connectivity index (χ0n) is 19.9. The predicted molar refractivity (Wildman–Crippen MR) is 128 cm³/mol. The van der Waals surface area contributed by atoms with E-state index < -0.39 is 35.0 Å². The third-order valence-corrected chi connectivity index (χ3v) is 6.97. The number of carboxylic acid groups (broad SMARTS) is 1. The van der Waals surface area contributed by atoms with Gasteiger partial charge in [0.15, 0.2) is 0 Å². The molecule has 2 aliphatic carbocycles. The summed E-state index contributed by atoms with van der Waals surface area (Å²) in [5.41, 5.74) is 2.66. The van der Waals surface area contributed by atoms with Gasteiger partial charge in [0.25, 0.3) is 0 Å². The first-order valence-corrected chi connectivity index (χ1v) is 11.8. The zero-order chi connectivity index (χ0) is 24.5. The number of carbonyl (C=O) groups is 3. The SMILES string of the molecule is CC(C)(C)[C@H](NC(=O)C1(NC(=O)OCC2c3ccccc3-c3ccccc32)CCCC1)C(=O)O. The fraction of sp³-hybridized carbons (Fsp3) is 0.444. The van der Waals surface area contributed by atoms with Gasteiger partial charge in [0, 0.05) is 5.92 Å². The molecule has 0 aliphatic heterocycles. The van der Waals surface area contributed by atoms with Crippen molar-refractivity contribution in [2.75, 3.05) is 6.61 Å². The van der Waals surface area contributed by atoms with Crippen LogP contribution in [0.15, 0.2) is 48.5 Å². The molecule has 1 fully saturated rings. The average Bonchev–Trinajstić information content (AvgIpc) is 3.38. The van der Waals surface area contributed by atoms with Crippen LogP contribution >= 0.6 is 0 Å². The summed E-state index contributed by atoms with van der Waals surface area (Å²) in [6.45, 7) is 5.42. The van der Waals surface area contributed by atoms with E-state index in [0.29, 0.717) is 12.8 Å². The van der Waals surface area contributed by atoms with Gasteiger partial charge >= 0.3 is 12.1 Å². The Balaban J connectivity index is 1.46. The Morgan fingerprint density at radius 3 is 2.03 bits per heavy atom. The maximum Gasteiger partial charge on any atom is 0.408 e. The molecule has 2 aromatic carbocycles. The molecule has 0 saturated heterocycles. The van der Waals surface area contributed by atoms with E-state index in [1.54, 1.807) is 20.8 Å². The van der Waals surface area contributed by atoms with Crippen LogP contribution in [0.5, 0.6) is 0 Å². The summed E-state index contributed by atoms with van der Waals surface area (Å²) in [6, 6.07) is 15.1. The Kier molecular flexibility index (Phi) is 6.39. The molecule has 0 radical (unpaired) electrons. The minimum Gasteiger partial charge on any atom is -0.480 e. The van der Waals surface area contributed by atoms with Gasteiger partial charge in [-0.05, 0) is 40.5 Å². The molecule has 4 rings (SSSR count). The Morgan fingerprint density at radius 1 is 1.00 bits per heavy atom. The molecule has 7 heteroatoms. The van der Waals surface area contributed by atoms with E-state index in [-0.39, 0.29) is 12.5 Å². The molecule has 0 spiro atoms. The second kappa shape index (κ2) is 9.12. The zero-order valence-corrected chi connectivity index (χ0v) is 19.9. The van der Waals surface area contributed by atoms with E-state index in [0.717, 1.165) is 35.1 Å². The molecule has 0 unspecified atom stereocenters. The number of rotatable bonds is 6. The average molecular weight is 465 g/mol. The summed E-state index contributed by atoms with van der Waals surface area (Å²) in [6.07, 6.45) is 1.76. The van der Waals surface area contributed by atoms with Crippen LogP contribution in [-0.2, 0) is 14.3 Å². The molecule has 2 aromatic rings. The van der Waals surface area contributed by atoms with E-state index in [1.165, 1.54) is 0 Å². The number of benzene rings is 2. The number of carbonyl (C=O) groups excluding carboxylic acids is 2. The maximum atomic E-state index is 13.2. The third-order valence-electron chi connectivity index (χ3n) is 6.97. The third kappa shape index (κ3) is 4.52. The molecule has 7 nitrogen and oxygen atoms in total. The first-order valence-electron chi connectivity index (χ1n) is 11.8. The smallest absolute Gasteiger partial charge is 0.408 e. The molecule has 3 N–H and O–H groups in total. The van der Waals surface area contributed by atoms with Gasteiger partial charge in [0.05, 0.1) is 0 Å². The van der Waals surface area contributed by atoms with Crippen molar-refractivity contribution in [1.82, 2.24) is 10.6 Å². The topological polar surface area (TPSA) is 105 Å². The molecule has 0 heterocycles. The van der Waals surface area contributed by atoms with E-state index in [2.05, 4.69) is 22.8 Å². The van der Waals surface area contributed by atoms with Crippen LogP contribution in [0.1, 0.15) is 63.5 Å². The number of alkyl carbamates (subject to hydrolysis) is 1. The summed E-state index contributed by atoms with van der Waals surface area (Å²) in [4.78, 5) is 37.8. The summed E-state index contributed by atoms with van der Waals surface area (Å²) in [5.74, 6) is -1.65. The Bertz CT molecular complexity index is 1050. The van der Waals surface area contributed by atoms with Crippen LogP contribution in [0, 0.1) is 5.41 Å². The summed E-state index contributed by atoms with van der Waals surface area (Å²) in [5, 5.41) is 15.1. The molecular weight excluding hydrogens is 432 g/mol. The number of nitrogens with one attached hydrogen (secondary N) is 2. The van der Waals surface area contributed by atoms with Crippen LogP contribution in [0.2, 0.25) is 0 Å². The van der Waals surface area contributed by atoms with Gasteiger partial charge in [-0.25, -0.2) is 9.59 Å². The number of carboxylic acids is 1. The van der Waals surface area contributed by atoms with Crippen molar-refractivity contribution < 1.29 is 24.2 Å². The summed E-state index contributed by atoms with van der Waals surface area (Å²) < 4.78 is 5.65. The van der Waals surface area contributed by atoms with Crippen LogP contribution in [-0.4, -0.2) is 41.3 Å². The monoisotopic (exact) mass is 464 g/mol. The fourth-order valence-electron chi connectivity index (χ4n) is 5.14. The maximum absolute atomic E-state index is 13.2. The van der Waals surface area contributed by atoms with Gasteiger partial charge in [0.1, 0.15) is 18.2 Å². The van der Waals surface area contributed by atoms with Crippen molar-refractivity contribution in [1.29, 1.82) is 0 Å². The highest BCUT2D eigenvalue weighted by atomic mass is 16.5. The van der Waals surface area contributed by atoms with E-state index in [9.17, 15) is 19.5 Å². The Labute approximate surface area is 199 Å². The highest BCUT2D eigenvalue weighted by Crippen LogP contribution is 2.44. The Hall–Kier alpha value is -3.35. The quantitative estimate of drug-likeness (QED) is 0.586. The molecule has 180 valence electrons. The minimum atomic E-state index is -1.17. The largest absolute Gasteiger partial charge is 0.480 e. The number of fused-ring (bicyclic) bond motifs is 3. The molecular formula is C27H32N2O5. The lowest BCUT2D eigenvalue weighted by atomic mass is 9.85. The van der Waals surface area contributed by atoms with Crippen molar-refractivity contribution in [2.24, 2.45) is 5.41 Å². The van der Waals surface area contributed by atoms with Gasteiger partial charge in [-0.2, -0.15) is 0 Å². The molecule has 2 amide bonds. The van der Waals surface area contributed by atoms with Gasteiger partial charge in [0.2, 0.25) is 5.91 Å². The lowest BCUT2D eigenvalue weighted by Gasteiger charge is -2.34. The van der Waals surface area contributed by atoms with Crippen LogP contribution < -0.4 is 10.6 Å². The number of amides is 2. The number of ether oxygens (including phenoxy) is 1. The van der Waals surface area contributed by atoms with Crippen molar-refractivity contribution in [3.8, 4) is 11.1 Å². The lowest BCUT2D eigenvalue weighted by molar-refractivity contribution is -0.146. The minimum absolute atomic E-state index is 0.0798. The lowest BCUT2D eigenvalue weighted by Crippen LogP contribution is -2.61. The van der Waals surface area contributed by atoms with Crippen molar-refractivity contribution >= 4 is 18.0 Å². The highest BCUT2D eigenvalue weighted by molar-refractivity contribution is 5.93. The molecule has 2 aliphatic rings. The highest BCUT2D eigenvalue weighted by Gasteiger charge is 2.46. The number of hydrogen-bond donors (Lipinski definition) is 3. The number of hydrogen-bond acceptors (Lipinski definition) is 4. The van der Waals surface area contributed by atoms with Crippen molar-refractivity contribution in [3.05, 3.63) is 59.7 Å². The second-order valence-electron chi connectivity index (χ2n) is 10.4. The first-order chi connectivity index (χ1) is 16.1. The van der Waals surface area contributed by atoms with Gasteiger partial charge < -0.3 is 20.5 Å². The molecule has 0 bridgehead atoms. The number of aliphatic carboxylic acids is 1. The van der Waals surface area contributed by atoms with Crippen LogP contribution in [0.3, 0.4) is 0 Å². The van der Waals surface area contributed by atoms with Gasteiger partial charge in [-0.3, -0.25) is 4.79 Å². The second-order valence-corrected chi connectivity index (χ2v) is 10.4. The van der Waals surface area contributed by atoms with E-state index in [4.69, 9.17) is 4.74 Å².